The SMILES string of the molecule is CCc1cccc(-c2cncc3c2oc2ccccc23)c1. The Kier molecular flexibility index (Phi) is 2.74. The van der Waals surface area contributed by atoms with Crippen molar-refractivity contribution in [3.05, 3.63) is 66.5 Å². The molecule has 0 saturated carbocycles. The molecule has 0 amide bonds. The Bertz CT molecular complexity index is 937. The van der Waals surface area contributed by atoms with E-state index in [4.69, 9.17) is 4.42 Å². The molecule has 4 aromatic rings. The minimum atomic E-state index is 0.911. The van der Waals surface area contributed by atoms with Crippen molar-refractivity contribution in [2.45, 2.75) is 13.3 Å². The fourth-order valence-corrected chi connectivity index (χ4v) is 2.80. The second kappa shape index (κ2) is 4.74. The van der Waals surface area contributed by atoms with Crippen LogP contribution in [-0.2, 0) is 6.42 Å². The summed E-state index contributed by atoms with van der Waals surface area (Å²) in [6.45, 7) is 2.17. The summed E-state index contributed by atoms with van der Waals surface area (Å²) in [5.41, 5.74) is 5.36. The van der Waals surface area contributed by atoms with Crippen molar-refractivity contribution < 1.29 is 4.42 Å². The first-order chi connectivity index (χ1) is 10.4. The molecule has 0 fully saturated rings. The Balaban J connectivity index is 2.04. The molecule has 0 aliphatic heterocycles. The smallest absolute Gasteiger partial charge is 0.146 e. The third-order valence-electron chi connectivity index (χ3n) is 3.93. The van der Waals surface area contributed by atoms with E-state index in [1.54, 1.807) is 0 Å². The molecule has 4 rings (SSSR count). The maximum Gasteiger partial charge on any atom is 0.146 e. The average molecular weight is 273 g/mol. The number of furan rings is 1. The van der Waals surface area contributed by atoms with Crippen molar-refractivity contribution in [3.63, 3.8) is 0 Å². The van der Waals surface area contributed by atoms with Crippen LogP contribution in [0.3, 0.4) is 0 Å². The molecule has 0 unspecified atom stereocenters. The molecule has 2 aromatic heterocycles. The predicted octanol–water partition coefficient (Wildman–Crippen LogP) is 5.21. The number of aromatic nitrogens is 1. The first-order valence-corrected chi connectivity index (χ1v) is 7.21. The summed E-state index contributed by atoms with van der Waals surface area (Å²) in [5.74, 6) is 0. The van der Waals surface area contributed by atoms with Gasteiger partial charge in [-0.05, 0) is 23.6 Å². The van der Waals surface area contributed by atoms with Crippen LogP contribution >= 0.6 is 0 Å². The number of para-hydroxylation sites is 1. The highest BCUT2D eigenvalue weighted by Crippen LogP contribution is 2.34. The molecule has 21 heavy (non-hydrogen) atoms. The van der Waals surface area contributed by atoms with Crippen molar-refractivity contribution in [3.8, 4) is 11.1 Å². The third kappa shape index (κ3) is 1.91. The first kappa shape index (κ1) is 12.2. The fraction of sp³-hybridized carbons (Fsp3) is 0.105. The van der Waals surface area contributed by atoms with E-state index in [0.29, 0.717) is 0 Å². The van der Waals surface area contributed by atoms with Gasteiger partial charge in [-0.25, -0.2) is 0 Å². The van der Waals surface area contributed by atoms with Crippen LogP contribution in [0.25, 0.3) is 33.1 Å². The highest BCUT2D eigenvalue weighted by molar-refractivity contribution is 6.08. The maximum atomic E-state index is 6.07. The highest BCUT2D eigenvalue weighted by atomic mass is 16.3. The summed E-state index contributed by atoms with van der Waals surface area (Å²) in [5, 5.41) is 2.19. The van der Waals surface area contributed by atoms with Crippen molar-refractivity contribution in [1.82, 2.24) is 4.98 Å². The summed E-state index contributed by atoms with van der Waals surface area (Å²) in [6.07, 6.45) is 4.80. The number of rotatable bonds is 2. The fourth-order valence-electron chi connectivity index (χ4n) is 2.80. The Hall–Kier alpha value is -2.61. The Labute approximate surface area is 123 Å². The molecule has 0 aliphatic carbocycles. The minimum Gasteiger partial charge on any atom is -0.455 e. The van der Waals surface area contributed by atoms with Crippen molar-refractivity contribution >= 4 is 21.9 Å². The predicted molar refractivity (Wildman–Crippen MR) is 86.3 cm³/mol. The molecule has 0 atom stereocenters. The van der Waals surface area contributed by atoms with Gasteiger partial charge in [0.25, 0.3) is 0 Å². The second-order valence-electron chi connectivity index (χ2n) is 5.22. The zero-order chi connectivity index (χ0) is 14.2. The standard InChI is InChI=1S/C19H15NO/c1-2-13-6-5-7-14(10-13)16-11-20-12-17-15-8-3-4-9-18(15)21-19(16)17/h3-12H,2H2,1H3. The van der Waals surface area contributed by atoms with Gasteiger partial charge in [0.2, 0.25) is 0 Å². The van der Waals surface area contributed by atoms with Gasteiger partial charge in [-0.3, -0.25) is 4.98 Å². The topological polar surface area (TPSA) is 26.0 Å². The quantitative estimate of drug-likeness (QED) is 0.501. The average Bonchev–Trinajstić information content (AvgIpc) is 2.93. The van der Waals surface area contributed by atoms with Crippen LogP contribution in [0.15, 0.2) is 65.3 Å². The van der Waals surface area contributed by atoms with Crippen LogP contribution in [0, 0.1) is 0 Å². The van der Waals surface area contributed by atoms with E-state index in [-0.39, 0.29) is 0 Å². The van der Waals surface area contributed by atoms with Gasteiger partial charge in [0, 0.05) is 28.7 Å². The van der Waals surface area contributed by atoms with Gasteiger partial charge in [-0.1, -0.05) is 49.4 Å². The van der Waals surface area contributed by atoms with E-state index in [2.05, 4.69) is 42.2 Å². The van der Waals surface area contributed by atoms with E-state index in [9.17, 15) is 0 Å². The Morgan fingerprint density at radius 1 is 0.952 bits per heavy atom. The number of hydrogen-bond acceptors (Lipinski definition) is 2. The van der Waals surface area contributed by atoms with Crippen molar-refractivity contribution in [2.75, 3.05) is 0 Å². The summed E-state index contributed by atoms with van der Waals surface area (Å²) in [6, 6.07) is 16.7. The molecule has 0 spiro atoms. The number of aryl methyl sites for hydroxylation is 1. The van der Waals surface area contributed by atoms with E-state index in [1.807, 2.05) is 30.6 Å². The number of hydrogen-bond donors (Lipinski definition) is 0. The van der Waals surface area contributed by atoms with Crippen LogP contribution in [0.2, 0.25) is 0 Å². The number of pyridine rings is 1. The number of nitrogens with zero attached hydrogens (tertiary/aromatic N) is 1. The van der Waals surface area contributed by atoms with Crippen LogP contribution in [0.5, 0.6) is 0 Å². The molecule has 102 valence electrons. The summed E-state index contributed by atoms with van der Waals surface area (Å²) in [4.78, 5) is 4.41. The summed E-state index contributed by atoms with van der Waals surface area (Å²) < 4.78 is 6.07. The van der Waals surface area contributed by atoms with Gasteiger partial charge < -0.3 is 4.42 Å². The lowest BCUT2D eigenvalue weighted by Gasteiger charge is -2.04. The van der Waals surface area contributed by atoms with Gasteiger partial charge in [0.05, 0.1) is 0 Å². The molecule has 0 aliphatic rings. The summed E-state index contributed by atoms with van der Waals surface area (Å²) in [7, 11) is 0. The Morgan fingerprint density at radius 3 is 2.76 bits per heavy atom. The zero-order valence-corrected chi connectivity index (χ0v) is 11.8. The second-order valence-corrected chi connectivity index (χ2v) is 5.22. The van der Waals surface area contributed by atoms with E-state index in [0.717, 1.165) is 39.5 Å². The van der Waals surface area contributed by atoms with Crippen LogP contribution in [0.1, 0.15) is 12.5 Å². The van der Waals surface area contributed by atoms with Crippen molar-refractivity contribution in [2.24, 2.45) is 0 Å². The molecule has 2 aromatic carbocycles. The van der Waals surface area contributed by atoms with Gasteiger partial charge in [-0.15, -0.1) is 0 Å². The highest BCUT2D eigenvalue weighted by Gasteiger charge is 2.12. The van der Waals surface area contributed by atoms with E-state index < -0.39 is 0 Å². The zero-order valence-electron chi connectivity index (χ0n) is 11.8. The minimum absolute atomic E-state index is 0.911. The maximum absolute atomic E-state index is 6.07. The molecular weight excluding hydrogens is 258 g/mol. The molecule has 0 radical (unpaired) electrons. The van der Waals surface area contributed by atoms with Gasteiger partial charge in [0.15, 0.2) is 0 Å². The monoisotopic (exact) mass is 273 g/mol. The van der Waals surface area contributed by atoms with Crippen LogP contribution in [-0.4, -0.2) is 4.98 Å². The summed E-state index contributed by atoms with van der Waals surface area (Å²) >= 11 is 0. The van der Waals surface area contributed by atoms with Gasteiger partial charge >= 0.3 is 0 Å². The van der Waals surface area contributed by atoms with Crippen molar-refractivity contribution in [1.29, 1.82) is 0 Å². The molecule has 0 saturated heterocycles. The normalized spacial score (nSPS) is 11.3. The van der Waals surface area contributed by atoms with E-state index in [1.165, 1.54) is 5.56 Å². The largest absolute Gasteiger partial charge is 0.455 e. The van der Waals surface area contributed by atoms with Crippen LogP contribution in [0.4, 0.5) is 0 Å². The lowest BCUT2D eigenvalue weighted by Crippen LogP contribution is -1.84. The molecule has 2 nitrogen and oxygen atoms in total. The number of benzene rings is 2. The lowest BCUT2D eigenvalue weighted by atomic mass is 10.0. The van der Waals surface area contributed by atoms with Gasteiger partial charge in [-0.2, -0.15) is 0 Å². The van der Waals surface area contributed by atoms with Gasteiger partial charge in [0.1, 0.15) is 11.2 Å². The third-order valence-corrected chi connectivity index (χ3v) is 3.93. The Morgan fingerprint density at radius 2 is 1.86 bits per heavy atom. The molecule has 2 heterocycles. The molecule has 0 N–H and O–H groups in total. The van der Waals surface area contributed by atoms with Crippen LogP contribution < -0.4 is 0 Å². The molecule has 0 bridgehead atoms. The first-order valence-electron chi connectivity index (χ1n) is 7.21. The molecule has 2 heteroatoms. The van der Waals surface area contributed by atoms with E-state index >= 15 is 0 Å². The molecular formula is C19H15NO. The lowest BCUT2D eigenvalue weighted by molar-refractivity contribution is 0.669. The number of fused-ring (bicyclic) bond motifs is 3.